The average molecular weight is 230 g/mol. The first-order valence-corrected chi connectivity index (χ1v) is 4.17. The topological polar surface area (TPSA) is 66.0 Å². The number of carbonyl (C=O) groups is 1. The van der Waals surface area contributed by atoms with Crippen LogP contribution in [0.2, 0.25) is 0 Å². The van der Waals surface area contributed by atoms with Crippen LogP contribution in [0.1, 0.15) is 16.1 Å². The molecule has 2 aromatic heterocycles. The first kappa shape index (κ1) is 10.5. The van der Waals surface area contributed by atoms with Crippen LogP contribution in [0.3, 0.4) is 0 Å². The van der Waals surface area contributed by atoms with E-state index >= 15 is 0 Å². The lowest BCUT2D eigenvalue weighted by Crippen LogP contribution is -2.04. The van der Waals surface area contributed by atoms with Crippen LogP contribution < -0.4 is 0 Å². The molecule has 0 aliphatic carbocycles. The Kier molecular flexibility index (Phi) is 2.11. The van der Waals surface area contributed by atoms with Gasteiger partial charge < -0.3 is 10.1 Å². The summed E-state index contributed by atoms with van der Waals surface area (Å²) in [7, 11) is 0. The Labute approximate surface area is 86.7 Å². The van der Waals surface area contributed by atoms with E-state index in [1.165, 1.54) is 0 Å². The molecule has 2 N–H and O–H groups in total. The molecule has 4 nitrogen and oxygen atoms in total. The van der Waals surface area contributed by atoms with Crippen molar-refractivity contribution in [2.24, 2.45) is 0 Å². The molecule has 0 amide bonds. The van der Waals surface area contributed by atoms with Gasteiger partial charge in [-0.3, -0.25) is 0 Å². The molecule has 2 aromatic rings. The number of nitrogens with one attached hydrogen (secondary N) is 1. The number of hydrogen-bond donors (Lipinski definition) is 2. The molecule has 0 saturated carbocycles. The summed E-state index contributed by atoms with van der Waals surface area (Å²) in [5.74, 6) is -1.23. The summed E-state index contributed by atoms with van der Waals surface area (Å²) in [5, 5.41) is 8.76. The molecule has 7 heteroatoms. The van der Waals surface area contributed by atoms with Crippen molar-refractivity contribution >= 4 is 17.0 Å². The zero-order chi connectivity index (χ0) is 11.9. The monoisotopic (exact) mass is 230 g/mol. The highest BCUT2D eigenvalue weighted by Crippen LogP contribution is 2.30. The quantitative estimate of drug-likeness (QED) is 0.789. The van der Waals surface area contributed by atoms with Crippen molar-refractivity contribution in [1.82, 2.24) is 9.97 Å². The highest BCUT2D eigenvalue weighted by atomic mass is 19.4. The number of carboxylic acid groups (broad SMARTS) is 1. The summed E-state index contributed by atoms with van der Waals surface area (Å²) in [5.41, 5.74) is -1.09. The minimum atomic E-state index is -4.50. The number of aromatic carboxylic acids is 1. The second-order valence-corrected chi connectivity index (χ2v) is 3.15. The van der Waals surface area contributed by atoms with Gasteiger partial charge in [-0.05, 0) is 12.1 Å². The van der Waals surface area contributed by atoms with Crippen molar-refractivity contribution in [3.8, 4) is 0 Å². The van der Waals surface area contributed by atoms with E-state index in [1.807, 2.05) is 0 Å². The molecule has 2 heterocycles. The van der Waals surface area contributed by atoms with Crippen LogP contribution in [0, 0.1) is 0 Å². The second kappa shape index (κ2) is 3.22. The van der Waals surface area contributed by atoms with Gasteiger partial charge in [-0.2, -0.15) is 13.2 Å². The molecule has 0 saturated heterocycles. The van der Waals surface area contributed by atoms with Crippen LogP contribution in [0.5, 0.6) is 0 Å². The lowest BCUT2D eigenvalue weighted by molar-refractivity contribution is -0.140. The van der Waals surface area contributed by atoms with E-state index in [0.717, 1.165) is 18.3 Å². The molecule has 0 atom stereocenters. The number of aromatic nitrogens is 2. The molecule has 0 aliphatic heterocycles. The van der Waals surface area contributed by atoms with Crippen molar-refractivity contribution in [1.29, 1.82) is 0 Å². The molecule has 84 valence electrons. The maximum Gasteiger partial charge on any atom is 0.431 e. The number of hydrogen-bond acceptors (Lipinski definition) is 2. The maximum absolute atomic E-state index is 12.3. The number of aromatic amines is 1. The largest absolute Gasteiger partial charge is 0.478 e. The fraction of sp³-hybridized carbons (Fsp3) is 0.111. The third-order valence-electron chi connectivity index (χ3n) is 2.02. The van der Waals surface area contributed by atoms with Crippen LogP contribution in [-0.2, 0) is 6.18 Å². The fourth-order valence-corrected chi connectivity index (χ4v) is 1.29. The van der Waals surface area contributed by atoms with E-state index in [0.29, 0.717) is 0 Å². The number of rotatable bonds is 1. The van der Waals surface area contributed by atoms with Crippen molar-refractivity contribution in [2.75, 3.05) is 0 Å². The van der Waals surface area contributed by atoms with Gasteiger partial charge in [-0.1, -0.05) is 0 Å². The summed E-state index contributed by atoms with van der Waals surface area (Å²) in [6.07, 6.45) is -3.49. The van der Waals surface area contributed by atoms with Crippen molar-refractivity contribution in [3.05, 3.63) is 29.6 Å². The van der Waals surface area contributed by atoms with Crippen LogP contribution in [0.25, 0.3) is 11.0 Å². The zero-order valence-electron chi connectivity index (χ0n) is 7.67. The first-order valence-electron chi connectivity index (χ1n) is 4.17. The molecule has 0 aromatic carbocycles. The highest BCUT2D eigenvalue weighted by Gasteiger charge is 2.32. The van der Waals surface area contributed by atoms with Gasteiger partial charge in [0.2, 0.25) is 0 Å². The van der Waals surface area contributed by atoms with Gasteiger partial charge in [-0.25, -0.2) is 9.78 Å². The molecule has 0 unspecified atom stereocenters. The second-order valence-electron chi connectivity index (χ2n) is 3.15. The van der Waals surface area contributed by atoms with Crippen molar-refractivity contribution < 1.29 is 23.1 Å². The minimum Gasteiger partial charge on any atom is -0.478 e. The van der Waals surface area contributed by atoms with Crippen LogP contribution in [0.4, 0.5) is 13.2 Å². The number of pyridine rings is 1. The number of H-pyrrole nitrogens is 1. The first-order chi connectivity index (χ1) is 7.38. The Morgan fingerprint density at radius 1 is 1.38 bits per heavy atom. The Bertz CT molecular complexity index is 559. The Morgan fingerprint density at radius 2 is 2.06 bits per heavy atom. The Hall–Kier alpha value is -2.05. The lowest BCUT2D eigenvalue weighted by Gasteiger charge is -2.00. The summed E-state index contributed by atoms with van der Waals surface area (Å²) in [6, 6.07) is 1.96. The smallest absolute Gasteiger partial charge is 0.431 e. The van der Waals surface area contributed by atoms with Gasteiger partial charge in [0, 0.05) is 11.6 Å². The van der Waals surface area contributed by atoms with Gasteiger partial charge in [0.1, 0.15) is 11.3 Å². The van der Waals surface area contributed by atoms with Crippen molar-refractivity contribution in [3.63, 3.8) is 0 Å². The molecule has 0 aliphatic rings. The van der Waals surface area contributed by atoms with Gasteiger partial charge >= 0.3 is 12.1 Å². The fourth-order valence-electron chi connectivity index (χ4n) is 1.29. The van der Waals surface area contributed by atoms with Crippen LogP contribution >= 0.6 is 0 Å². The summed E-state index contributed by atoms with van der Waals surface area (Å²) >= 11 is 0. The Balaban J connectivity index is 2.59. The highest BCUT2D eigenvalue weighted by molar-refractivity contribution is 5.91. The number of halogens is 3. The Morgan fingerprint density at radius 3 is 2.62 bits per heavy atom. The zero-order valence-corrected chi connectivity index (χ0v) is 7.67. The molecular weight excluding hydrogens is 225 g/mol. The van der Waals surface area contributed by atoms with Crippen LogP contribution in [-0.4, -0.2) is 21.0 Å². The number of alkyl halides is 3. The third-order valence-corrected chi connectivity index (χ3v) is 2.02. The van der Waals surface area contributed by atoms with Gasteiger partial charge in [0.05, 0.1) is 5.56 Å². The lowest BCUT2D eigenvalue weighted by atomic mass is 10.2. The van der Waals surface area contributed by atoms with E-state index in [9.17, 15) is 18.0 Å². The molecule has 2 rings (SSSR count). The number of nitrogens with zero attached hydrogens (tertiary/aromatic N) is 1. The van der Waals surface area contributed by atoms with E-state index in [4.69, 9.17) is 5.11 Å². The molecule has 0 radical (unpaired) electrons. The molecule has 0 fully saturated rings. The van der Waals surface area contributed by atoms with Gasteiger partial charge in [-0.15, -0.1) is 0 Å². The SMILES string of the molecule is O=C(O)c1cnc2[nH]c(C(F)(F)F)cc2c1. The molecule has 16 heavy (non-hydrogen) atoms. The molecule has 0 spiro atoms. The van der Waals surface area contributed by atoms with E-state index in [2.05, 4.69) is 9.97 Å². The number of carboxylic acids is 1. The summed E-state index contributed by atoms with van der Waals surface area (Å²) in [6.45, 7) is 0. The van der Waals surface area contributed by atoms with E-state index in [1.54, 1.807) is 0 Å². The van der Waals surface area contributed by atoms with Gasteiger partial charge in [0.15, 0.2) is 0 Å². The van der Waals surface area contributed by atoms with Crippen LogP contribution in [0.15, 0.2) is 18.3 Å². The van der Waals surface area contributed by atoms with Gasteiger partial charge in [0.25, 0.3) is 0 Å². The van der Waals surface area contributed by atoms with Crippen molar-refractivity contribution in [2.45, 2.75) is 6.18 Å². The third kappa shape index (κ3) is 1.71. The predicted octanol–water partition coefficient (Wildman–Crippen LogP) is 2.28. The number of fused-ring (bicyclic) bond motifs is 1. The minimum absolute atomic E-state index is 0.0114. The normalized spacial score (nSPS) is 11.9. The molecular formula is C9H5F3N2O2. The molecule has 0 bridgehead atoms. The summed E-state index contributed by atoms with van der Waals surface area (Å²) in [4.78, 5) is 16.2. The standard InChI is InChI=1S/C9H5F3N2O2/c10-9(11,12)6-2-4-1-5(8(15)16)3-13-7(4)14-6/h1-3H,(H,13,14)(H,15,16). The van der Waals surface area contributed by atoms with E-state index < -0.39 is 17.8 Å². The predicted molar refractivity (Wildman–Crippen MR) is 48.1 cm³/mol. The maximum atomic E-state index is 12.3. The average Bonchev–Trinajstić information content (AvgIpc) is 2.58. The summed E-state index contributed by atoms with van der Waals surface area (Å²) < 4.78 is 36.9. The van der Waals surface area contributed by atoms with E-state index in [-0.39, 0.29) is 16.6 Å².